The fourth-order valence-corrected chi connectivity index (χ4v) is 5.65. The number of sulfonamides is 1. The summed E-state index contributed by atoms with van der Waals surface area (Å²) in [5, 5.41) is 0. The van der Waals surface area contributed by atoms with Gasteiger partial charge >= 0.3 is 0 Å². The topological polar surface area (TPSA) is 59.1 Å². The van der Waals surface area contributed by atoms with Crippen LogP contribution >= 0.6 is 0 Å². The molecule has 3 rings (SSSR count). The summed E-state index contributed by atoms with van der Waals surface area (Å²) in [5.41, 5.74) is 3.42. The van der Waals surface area contributed by atoms with E-state index in [4.69, 9.17) is 9.47 Å². The lowest BCUT2D eigenvalue weighted by molar-refractivity contribution is 0.383. The van der Waals surface area contributed by atoms with Crippen molar-refractivity contribution < 1.29 is 17.9 Å². The molecule has 1 aliphatic rings. The highest BCUT2D eigenvalue weighted by molar-refractivity contribution is 7.89. The third-order valence-corrected chi connectivity index (χ3v) is 7.66. The second-order valence-corrected chi connectivity index (χ2v) is 8.94. The molecule has 0 spiro atoms. The first-order valence-electron chi connectivity index (χ1n) is 9.33. The zero-order valence-electron chi connectivity index (χ0n) is 17.2. The first-order valence-corrected chi connectivity index (χ1v) is 10.8. The van der Waals surface area contributed by atoms with Gasteiger partial charge in [-0.3, -0.25) is 0 Å². The second kappa shape index (κ2) is 8.01. The van der Waals surface area contributed by atoms with E-state index in [1.165, 1.54) is 0 Å². The molecule has 1 fully saturated rings. The van der Waals surface area contributed by atoms with Crippen molar-refractivity contribution in [2.24, 2.45) is 0 Å². The molecule has 28 heavy (non-hydrogen) atoms. The minimum Gasteiger partial charge on any atom is -0.497 e. The first kappa shape index (κ1) is 20.5. The fourth-order valence-electron chi connectivity index (χ4n) is 3.74. The number of hydrogen-bond donors (Lipinski definition) is 0. The second-order valence-electron chi connectivity index (χ2n) is 7.06. The summed E-state index contributed by atoms with van der Waals surface area (Å²) in [7, 11) is -0.309. The molecule has 0 aromatic heterocycles. The maximum atomic E-state index is 13.4. The summed E-state index contributed by atoms with van der Waals surface area (Å²) in [6.45, 7) is 7.79. The van der Waals surface area contributed by atoms with Gasteiger partial charge in [-0.15, -0.1) is 0 Å². The maximum absolute atomic E-state index is 13.4. The number of nitrogens with zero attached hydrogens (tertiary/aromatic N) is 2. The molecule has 1 saturated heterocycles. The van der Waals surface area contributed by atoms with Gasteiger partial charge in [0.2, 0.25) is 10.0 Å². The number of ether oxygens (including phenoxy) is 2. The Labute approximate surface area is 167 Å². The van der Waals surface area contributed by atoms with Crippen molar-refractivity contribution in [2.75, 3.05) is 45.3 Å². The molecule has 2 aromatic carbocycles. The van der Waals surface area contributed by atoms with Gasteiger partial charge in [0.25, 0.3) is 0 Å². The molecule has 0 atom stereocenters. The largest absolute Gasteiger partial charge is 0.497 e. The third kappa shape index (κ3) is 3.69. The van der Waals surface area contributed by atoms with Gasteiger partial charge in [-0.25, -0.2) is 8.42 Å². The molecular weight excluding hydrogens is 376 g/mol. The van der Waals surface area contributed by atoms with Crippen LogP contribution < -0.4 is 14.4 Å². The summed E-state index contributed by atoms with van der Waals surface area (Å²) >= 11 is 0. The smallest absolute Gasteiger partial charge is 0.243 e. The molecule has 0 N–H and O–H groups in total. The summed E-state index contributed by atoms with van der Waals surface area (Å²) in [6.07, 6.45) is 0. The van der Waals surface area contributed by atoms with Crippen LogP contribution in [0, 0.1) is 20.8 Å². The van der Waals surface area contributed by atoms with Crippen LogP contribution in [0.4, 0.5) is 5.69 Å². The molecule has 152 valence electrons. The SMILES string of the molecule is COc1ccc(N2CCN(S(=O)(=O)c3c(C)cc(OC)c(C)c3C)CC2)cc1. The van der Waals surface area contributed by atoms with E-state index in [0.29, 0.717) is 31.1 Å². The summed E-state index contributed by atoms with van der Waals surface area (Å²) in [4.78, 5) is 2.61. The quantitative estimate of drug-likeness (QED) is 0.766. The lowest BCUT2D eigenvalue weighted by Crippen LogP contribution is -2.48. The molecule has 0 amide bonds. The highest BCUT2D eigenvalue weighted by Crippen LogP contribution is 2.33. The van der Waals surface area contributed by atoms with Crippen molar-refractivity contribution in [3.05, 3.63) is 47.0 Å². The Balaban J connectivity index is 1.81. The number of anilines is 1. The van der Waals surface area contributed by atoms with Crippen molar-refractivity contribution in [2.45, 2.75) is 25.7 Å². The van der Waals surface area contributed by atoms with Crippen LogP contribution in [-0.4, -0.2) is 53.1 Å². The van der Waals surface area contributed by atoms with Crippen LogP contribution in [0.3, 0.4) is 0 Å². The van der Waals surface area contributed by atoms with Crippen LogP contribution in [-0.2, 0) is 10.0 Å². The molecule has 0 bridgehead atoms. The first-order chi connectivity index (χ1) is 13.3. The van der Waals surface area contributed by atoms with Crippen LogP contribution in [0.2, 0.25) is 0 Å². The Kier molecular flexibility index (Phi) is 5.86. The number of benzene rings is 2. The van der Waals surface area contributed by atoms with Crippen LogP contribution in [0.15, 0.2) is 35.2 Å². The Bertz CT molecular complexity index is 947. The van der Waals surface area contributed by atoms with Gasteiger partial charge in [0, 0.05) is 31.9 Å². The molecule has 0 radical (unpaired) electrons. The zero-order valence-corrected chi connectivity index (χ0v) is 18.0. The van der Waals surface area contributed by atoms with Crippen molar-refractivity contribution in [1.29, 1.82) is 0 Å². The van der Waals surface area contributed by atoms with Gasteiger partial charge in [-0.05, 0) is 67.8 Å². The van der Waals surface area contributed by atoms with E-state index in [1.807, 2.05) is 51.1 Å². The molecule has 2 aromatic rings. The molecule has 1 heterocycles. The van der Waals surface area contributed by atoms with E-state index in [1.54, 1.807) is 18.5 Å². The van der Waals surface area contributed by atoms with Crippen molar-refractivity contribution in [3.63, 3.8) is 0 Å². The van der Waals surface area contributed by atoms with Crippen LogP contribution in [0.5, 0.6) is 11.5 Å². The molecule has 7 heteroatoms. The Hall–Kier alpha value is -2.25. The van der Waals surface area contributed by atoms with E-state index in [0.717, 1.165) is 33.9 Å². The van der Waals surface area contributed by atoms with Crippen LogP contribution in [0.1, 0.15) is 16.7 Å². The van der Waals surface area contributed by atoms with Crippen molar-refractivity contribution in [1.82, 2.24) is 4.31 Å². The average molecular weight is 405 g/mol. The molecule has 1 aliphatic heterocycles. The minimum absolute atomic E-state index is 0.406. The van der Waals surface area contributed by atoms with Crippen molar-refractivity contribution >= 4 is 15.7 Å². The highest BCUT2D eigenvalue weighted by Gasteiger charge is 2.32. The lowest BCUT2D eigenvalue weighted by Gasteiger charge is -2.36. The number of aryl methyl sites for hydroxylation is 1. The van der Waals surface area contributed by atoms with Gasteiger partial charge in [0.1, 0.15) is 11.5 Å². The standard InChI is InChI=1S/C21H28N2O4S/c1-15-14-20(27-5)16(2)17(3)21(15)28(24,25)23-12-10-22(11-13-23)18-6-8-19(26-4)9-7-18/h6-9,14H,10-13H2,1-5H3. The van der Waals surface area contributed by atoms with Gasteiger partial charge in [-0.2, -0.15) is 4.31 Å². The lowest BCUT2D eigenvalue weighted by atomic mass is 10.1. The summed E-state index contributed by atoms with van der Waals surface area (Å²) in [6, 6.07) is 9.66. The van der Waals surface area contributed by atoms with E-state index < -0.39 is 10.0 Å². The average Bonchev–Trinajstić information content (AvgIpc) is 2.70. The molecule has 0 aliphatic carbocycles. The predicted octanol–water partition coefficient (Wildman–Crippen LogP) is 3.14. The highest BCUT2D eigenvalue weighted by atomic mass is 32.2. The van der Waals surface area contributed by atoms with Gasteiger partial charge in [0.15, 0.2) is 0 Å². The summed E-state index contributed by atoms with van der Waals surface area (Å²) in [5.74, 6) is 1.53. The van der Waals surface area contributed by atoms with Crippen molar-refractivity contribution in [3.8, 4) is 11.5 Å². The Morgan fingerprint density at radius 3 is 2.00 bits per heavy atom. The number of rotatable bonds is 5. The predicted molar refractivity (Wildman–Crippen MR) is 111 cm³/mol. The molecule has 0 saturated carbocycles. The minimum atomic E-state index is -3.56. The van der Waals surface area contributed by atoms with Gasteiger partial charge in [-0.1, -0.05) is 0 Å². The monoisotopic (exact) mass is 404 g/mol. The van der Waals surface area contributed by atoms with Gasteiger partial charge in [0.05, 0.1) is 19.1 Å². The number of piperazine rings is 1. The molecular formula is C21H28N2O4S. The Morgan fingerprint density at radius 2 is 1.46 bits per heavy atom. The number of hydrogen-bond acceptors (Lipinski definition) is 5. The van der Waals surface area contributed by atoms with Gasteiger partial charge < -0.3 is 14.4 Å². The zero-order chi connectivity index (χ0) is 20.5. The normalized spacial score (nSPS) is 15.5. The number of methoxy groups -OCH3 is 2. The fraction of sp³-hybridized carbons (Fsp3) is 0.429. The third-order valence-electron chi connectivity index (χ3n) is 5.47. The molecule has 0 unspecified atom stereocenters. The van der Waals surface area contributed by atoms with E-state index in [9.17, 15) is 8.42 Å². The van der Waals surface area contributed by atoms with E-state index >= 15 is 0 Å². The van der Waals surface area contributed by atoms with E-state index in [2.05, 4.69) is 4.90 Å². The maximum Gasteiger partial charge on any atom is 0.243 e. The summed E-state index contributed by atoms with van der Waals surface area (Å²) < 4.78 is 38.9. The van der Waals surface area contributed by atoms with E-state index in [-0.39, 0.29) is 0 Å². The molecule has 6 nitrogen and oxygen atoms in total. The Morgan fingerprint density at radius 1 is 0.857 bits per heavy atom. The van der Waals surface area contributed by atoms with Crippen LogP contribution in [0.25, 0.3) is 0 Å².